The maximum absolute atomic E-state index is 11.5. The van der Waals surface area contributed by atoms with E-state index in [0.717, 1.165) is 0 Å². The molecule has 0 saturated carbocycles. The quantitative estimate of drug-likeness (QED) is 0.749. The highest BCUT2D eigenvalue weighted by atomic mass is 16.5. The van der Waals surface area contributed by atoms with Gasteiger partial charge in [0.15, 0.2) is 0 Å². The average Bonchev–Trinajstić information content (AvgIpc) is 2.30. The van der Waals surface area contributed by atoms with Gasteiger partial charge in [-0.3, -0.25) is 9.69 Å². The Balaban J connectivity index is 2.25. The number of ether oxygens (including phenoxy) is 1. The number of hydrogen-bond donors (Lipinski definition) is 2. The third-order valence-corrected chi connectivity index (χ3v) is 2.77. The van der Waals surface area contributed by atoms with Gasteiger partial charge in [-0.2, -0.15) is 0 Å². The Morgan fingerprint density at radius 1 is 1.53 bits per heavy atom. The summed E-state index contributed by atoms with van der Waals surface area (Å²) in [4.78, 5) is 17.2. The molecule has 1 amide bonds. The van der Waals surface area contributed by atoms with Crippen LogP contribution in [0.25, 0.3) is 0 Å². The molecular weight excluding hydrogens is 222 g/mol. The van der Waals surface area contributed by atoms with Gasteiger partial charge in [-0.1, -0.05) is 0 Å². The van der Waals surface area contributed by atoms with Crippen LogP contribution in [0.1, 0.15) is 11.6 Å². The van der Waals surface area contributed by atoms with E-state index in [1.807, 2.05) is 4.90 Å². The number of nitrogens with zero attached hydrogens (tertiary/aromatic N) is 2. The summed E-state index contributed by atoms with van der Waals surface area (Å²) in [5.41, 5.74) is 6.09. The number of carbonyl (C=O) groups is 1. The van der Waals surface area contributed by atoms with Gasteiger partial charge in [-0.15, -0.1) is 0 Å². The van der Waals surface area contributed by atoms with Crippen molar-refractivity contribution in [1.29, 1.82) is 0 Å². The molecule has 0 bridgehead atoms. The van der Waals surface area contributed by atoms with E-state index >= 15 is 0 Å². The van der Waals surface area contributed by atoms with Gasteiger partial charge < -0.3 is 15.6 Å². The molecule has 0 aliphatic carbocycles. The van der Waals surface area contributed by atoms with Crippen LogP contribution in [0, 0.1) is 0 Å². The van der Waals surface area contributed by atoms with E-state index in [1.54, 1.807) is 6.07 Å². The van der Waals surface area contributed by atoms with E-state index in [9.17, 15) is 9.90 Å². The fourth-order valence-corrected chi connectivity index (χ4v) is 1.99. The zero-order valence-corrected chi connectivity index (χ0v) is 9.37. The van der Waals surface area contributed by atoms with Crippen LogP contribution in [0.2, 0.25) is 0 Å². The van der Waals surface area contributed by atoms with Crippen molar-refractivity contribution in [3.8, 4) is 5.88 Å². The predicted octanol–water partition coefficient (Wildman–Crippen LogP) is -0.354. The molecule has 1 aliphatic heterocycles. The Bertz CT molecular complexity index is 405. The zero-order chi connectivity index (χ0) is 12.3. The molecule has 6 heteroatoms. The second kappa shape index (κ2) is 5.11. The standard InChI is InChI=1S/C11H15N3O3/c12-11(16)10(14-3-5-17-6-4-14)8-1-2-13-9(15)7-8/h1-2,7,10H,3-6H2,(H2,12,16)(H,13,15). The first-order chi connectivity index (χ1) is 8.18. The molecular formula is C11H15N3O3. The largest absolute Gasteiger partial charge is 0.493 e. The van der Waals surface area contributed by atoms with Gasteiger partial charge in [0.05, 0.1) is 13.2 Å². The molecule has 0 aromatic carbocycles. The highest BCUT2D eigenvalue weighted by Crippen LogP contribution is 2.23. The summed E-state index contributed by atoms with van der Waals surface area (Å²) < 4.78 is 5.23. The topological polar surface area (TPSA) is 88.7 Å². The number of primary amides is 1. The number of morpholine rings is 1. The third kappa shape index (κ3) is 2.72. The van der Waals surface area contributed by atoms with Gasteiger partial charge in [0.2, 0.25) is 11.8 Å². The number of rotatable bonds is 3. The van der Waals surface area contributed by atoms with Crippen LogP contribution in [0.15, 0.2) is 18.3 Å². The van der Waals surface area contributed by atoms with Crippen LogP contribution in [0.3, 0.4) is 0 Å². The zero-order valence-electron chi connectivity index (χ0n) is 9.37. The minimum atomic E-state index is -0.534. The molecule has 1 aromatic rings. The summed E-state index contributed by atoms with van der Waals surface area (Å²) in [6.07, 6.45) is 1.46. The Kier molecular flexibility index (Phi) is 3.55. The number of aromatic nitrogens is 1. The summed E-state index contributed by atoms with van der Waals surface area (Å²) in [5, 5.41) is 9.34. The van der Waals surface area contributed by atoms with Crippen LogP contribution in [-0.4, -0.2) is 47.2 Å². The molecule has 17 heavy (non-hydrogen) atoms. The maximum Gasteiger partial charge on any atom is 0.239 e. The first-order valence-electron chi connectivity index (χ1n) is 5.44. The summed E-state index contributed by atoms with van der Waals surface area (Å²) in [6.45, 7) is 2.47. The van der Waals surface area contributed by atoms with Crippen molar-refractivity contribution < 1.29 is 14.6 Å². The normalized spacial score (nSPS) is 18.8. The lowest BCUT2D eigenvalue weighted by molar-refractivity contribution is -0.125. The molecule has 1 fully saturated rings. The van der Waals surface area contributed by atoms with E-state index in [-0.39, 0.29) is 5.88 Å². The van der Waals surface area contributed by atoms with Crippen molar-refractivity contribution in [2.24, 2.45) is 5.73 Å². The molecule has 92 valence electrons. The van der Waals surface area contributed by atoms with Gasteiger partial charge in [-0.05, 0) is 11.6 Å². The summed E-state index contributed by atoms with van der Waals surface area (Å²) in [6, 6.07) is 2.61. The Morgan fingerprint density at radius 2 is 2.24 bits per heavy atom. The molecule has 0 spiro atoms. The lowest BCUT2D eigenvalue weighted by Gasteiger charge is -2.32. The van der Waals surface area contributed by atoms with E-state index in [2.05, 4.69) is 4.98 Å². The third-order valence-electron chi connectivity index (χ3n) is 2.77. The van der Waals surface area contributed by atoms with Gasteiger partial charge in [0.25, 0.3) is 0 Å². The summed E-state index contributed by atoms with van der Waals surface area (Å²) in [5.74, 6) is -0.542. The van der Waals surface area contributed by atoms with Gasteiger partial charge >= 0.3 is 0 Å². The van der Waals surface area contributed by atoms with Crippen molar-refractivity contribution in [1.82, 2.24) is 9.88 Å². The SMILES string of the molecule is NC(=O)C(c1ccnc(O)c1)N1CCOCC1. The molecule has 2 rings (SSSR count). The number of amides is 1. The summed E-state index contributed by atoms with van der Waals surface area (Å²) in [7, 11) is 0. The van der Waals surface area contributed by atoms with Crippen LogP contribution in [-0.2, 0) is 9.53 Å². The van der Waals surface area contributed by atoms with Crippen molar-refractivity contribution >= 4 is 5.91 Å². The highest BCUT2D eigenvalue weighted by molar-refractivity contribution is 5.81. The lowest BCUT2D eigenvalue weighted by atomic mass is 10.1. The fourth-order valence-electron chi connectivity index (χ4n) is 1.99. The van der Waals surface area contributed by atoms with E-state index in [4.69, 9.17) is 10.5 Å². The van der Waals surface area contributed by atoms with Crippen LogP contribution in [0.4, 0.5) is 0 Å². The van der Waals surface area contributed by atoms with Gasteiger partial charge in [0, 0.05) is 25.4 Å². The van der Waals surface area contributed by atoms with Gasteiger partial charge in [-0.25, -0.2) is 4.98 Å². The predicted molar refractivity (Wildman–Crippen MR) is 60.2 cm³/mol. The Labute approximate surface area is 99.0 Å². The molecule has 1 aromatic heterocycles. The maximum atomic E-state index is 11.5. The first-order valence-corrected chi connectivity index (χ1v) is 5.44. The number of pyridine rings is 1. The second-order valence-electron chi connectivity index (χ2n) is 3.90. The van der Waals surface area contributed by atoms with E-state index < -0.39 is 11.9 Å². The Hall–Kier alpha value is -1.66. The molecule has 0 radical (unpaired) electrons. The molecule has 1 unspecified atom stereocenters. The minimum Gasteiger partial charge on any atom is -0.493 e. The lowest BCUT2D eigenvalue weighted by Crippen LogP contribution is -2.44. The highest BCUT2D eigenvalue weighted by Gasteiger charge is 2.27. The number of hydrogen-bond acceptors (Lipinski definition) is 5. The number of carbonyl (C=O) groups excluding carboxylic acids is 1. The van der Waals surface area contributed by atoms with E-state index in [0.29, 0.717) is 31.9 Å². The fraction of sp³-hybridized carbons (Fsp3) is 0.455. The molecule has 2 heterocycles. The van der Waals surface area contributed by atoms with Crippen molar-refractivity contribution in [3.63, 3.8) is 0 Å². The smallest absolute Gasteiger partial charge is 0.239 e. The van der Waals surface area contributed by atoms with Crippen molar-refractivity contribution in [2.75, 3.05) is 26.3 Å². The average molecular weight is 237 g/mol. The van der Waals surface area contributed by atoms with Crippen molar-refractivity contribution in [2.45, 2.75) is 6.04 Å². The summed E-state index contributed by atoms with van der Waals surface area (Å²) >= 11 is 0. The number of aromatic hydroxyl groups is 1. The van der Waals surface area contributed by atoms with E-state index in [1.165, 1.54) is 12.3 Å². The first kappa shape index (κ1) is 11.8. The molecule has 1 aliphatic rings. The monoisotopic (exact) mass is 237 g/mol. The molecule has 1 saturated heterocycles. The van der Waals surface area contributed by atoms with Crippen molar-refractivity contribution in [3.05, 3.63) is 23.9 Å². The van der Waals surface area contributed by atoms with Gasteiger partial charge in [0.1, 0.15) is 6.04 Å². The second-order valence-corrected chi connectivity index (χ2v) is 3.90. The minimum absolute atomic E-state index is 0.109. The number of nitrogens with two attached hydrogens (primary N) is 1. The van der Waals surface area contributed by atoms with Crippen LogP contribution >= 0.6 is 0 Å². The molecule has 1 atom stereocenters. The van der Waals surface area contributed by atoms with Crippen LogP contribution in [0.5, 0.6) is 5.88 Å². The Morgan fingerprint density at radius 3 is 2.82 bits per heavy atom. The van der Waals surface area contributed by atoms with Crippen LogP contribution < -0.4 is 5.73 Å². The molecule has 3 N–H and O–H groups in total. The molecule has 6 nitrogen and oxygen atoms in total.